The van der Waals surface area contributed by atoms with E-state index in [4.69, 9.17) is 22.9 Å². The minimum Gasteiger partial charge on any atom is -0.368 e. The third kappa shape index (κ3) is 4.21. The number of hydrogen-bond acceptors (Lipinski definition) is 3. The fourth-order valence-electron chi connectivity index (χ4n) is 1.43. The zero-order chi connectivity index (χ0) is 13.5. The van der Waals surface area contributed by atoms with Crippen LogP contribution in [0.2, 0.25) is 5.02 Å². The molecule has 6 nitrogen and oxygen atoms in total. The summed E-state index contributed by atoms with van der Waals surface area (Å²) in [7, 11) is 0. The van der Waals surface area contributed by atoms with Crippen LogP contribution in [0.3, 0.4) is 0 Å². The van der Waals surface area contributed by atoms with Crippen LogP contribution >= 0.6 is 11.6 Å². The van der Waals surface area contributed by atoms with Crippen molar-refractivity contribution < 1.29 is 9.18 Å². The Morgan fingerprint density at radius 1 is 1.61 bits per heavy atom. The molecule has 1 rings (SSSR count). The van der Waals surface area contributed by atoms with E-state index in [9.17, 15) is 9.18 Å². The summed E-state index contributed by atoms with van der Waals surface area (Å²) in [6.45, 7) is 0.398. The summed E-state index contributed by atoms with van der Waals surface area (Å²) in [5, 5.41) is 6.23. The molecule has 0 aromatic heterocycles. The van der Waals surface area contributed by atoms with Gasteiger partial charge >= 0.3 is 0 Å². The van der Waals surface area contributed by atoms with Crippen LogP contribution in [0.4, 0.5) is 4.39 Å². The van der Waals surface area contributed by atoms with Gasteiger partial charge in [-0.05, 0) is 29.3 Å². The summed E-state index contributed by atoms with van der Waals surface area (Å²) in [5.74, 6) is -1.22. The molecular weight excluding hydrogens is 261 g/mol. The van der Waals surface area contributed by atoms with Gasteiger partial charge in [0.15, 0.2) is 0 Å². The van der Waals surface area contributed by atoms with Crippen molar-refractivity contribution in [1.82, 2.24) is 5.32 Å². The second-order valence-corrected chi connectivity index (χ2v) is 3.88. The summed E-state index contributed by atoms with van der Waals surface area (Å²) >= 11 is 5.70. The van der Waals surface area contributed by atoms with Crippen LogP contribution in [0, 0.1) is 5.82 Å². The molecule has 1 aromatic rings. The summed E-state index contributed by atoms with van der Waals surface area (Å²) in [5.41, 5.74) is 13.6. The Labute approximate surface area is 108 Å². The van der Waals surface area contributed by atoms with Crippen molar-refractivity contribution in [2.24, 2.45) is 10.8 Å². The lowest BCUT2D eigenvalue weighted by Gasteiger charge is -2.15. The number of nitrogens with one attached hydrogen (secondary N) is 1. The Kier molecular flexibility index (Phi) is 5.38. The maximum atomic E-state index is 13.2. The molecule has 1 unspecified atom stereocenters. The fourth-order valence-corrected chi connectivity index (χ4v) is 1.66. The highest BCUT2D eigenvalue weighted by Crippen LogP contribution is 2.19. The third-order valence-corrected chi connectivity index (χ3v) is 2.34. The molecule has 0 saturated heterocycles. The van der Waals surface area contributed by atoms with E-state index in [2.05, 4.69) is 15.3 Å². The van der Waals surface area contributed by atoms with E-state index in [1.807, 2.05) is 0 Å². The molecule has 1 atom stereocenters. The van der Waals surface area contributed by atoms with Crippen molar-refractivity contribution in [3.63, 3.8) is 0 Å². The topological polar surface area (TPSA) is 104 Å². The van der Waals surface area contributed by atoms with Gasteiger partial charge in [-0.2, -0.15) is 0 Å². The van der Waals surface area contributed by atoms with E-state index in [-0.39, 0.29) is 18.1 Å². The largest absolute Gasteiger partial charge is 0.368 e. The normalized spacial score (nSPS) is 11.7. The minimum atomic E-state index is -0.882. The number of benzene rings is 1. The van der Waals surface area contributed by atoms with Gasteiger partial charge in [0.2, 0.25) is 5.91 Å². The van der Waals surface area contributed by atoms with E-state index in [1.165, 1.54) is 12.1 Å². The van der Waals surface area contributed by atoms with E-state index < -0.39 is 17.8 Å². The maximum absolute atomic E-state index is 13.2. The summed E-state index contributed by atoms with van der Waals surface area (Å²) in [4.78, 5) is 13.8. The molecule has 0 heterocycles. The van der Waals surface area contributed by atoms with Crippen LogP contribution in [0.5, 0.6) is 0 Å². The highest BCUT2D eigenvalue weighted by molar-refractivity contribution is 6.30. The maximum Gasteiger partial charge on any atom is 0.239 e. The number of primary amides is 1. The second-order valence-electron chi connectivity index (χ2n) is 3.45. The van der Waals surface area contributed by atoms with Gasteiger partial charge in [-0.3, -0.25) is 4.79 Å². The lowest BCUT2D eigenvalue weighted by molar-refractivity contribution is -0.120. The number of carbonyl (C=O) groups excluding carboxylic acids is 1. The molecule has 0 aliphatic heterocycles. The number of nitrogens with zero attached hydrogens (tertiary/aromatic N) is 3. The first-order chi connectivity index (χ1) is 8.54. The highest BCUT2D eigenvalue weighted by atomic mass is 35.5. The SMILES string of the molecule is [N-]=[N+]=NCCNC(C(N)=O)c1cc(F)cc(Cl)c1. The first kappa shape index (κ1) is 14.2. The van der Waals surface area contributed by atoms with Gasteiger partial charge in [-0.15, -0.1) is 0 Å². The molecule has 0 fully saturated rings. The molecule has 1 aromatic carbocycles. The molecule has 0 spiro atoms. The van der Waals surface area contributed by atoms with Crippen LogP contribution in [-0.4, -0.2) is 19.0 Å². The van der Waals surface area contributed by atoms with Crippen molar-refractivity contribution >= 4 is 17.5 Å². The van der Waals surface area contributed by atoms with Gasteiger partial charge in [-0.1, -0.05) is 16.7 Å². The Morgan fingerprint density at radius 3 is 2.89 bits per heavy atom. The number of nitrogens with two attached hydrogens (primary N) is 1. The monoisotopic (exact) mass is 271 g/mol. The zero-order valence-corrected chi connectivity index (χ0v) is 10.1. The smallest absolute Gasteiger partial charge is 0.239 e. The van der Waals surface area contributed by atoms with Gasteiger partial charge in [0.1, 0.15) is 11.9 Å². The summed E-state index contributed by atoms with van der Waals surface area (Å²) < 4.78 is 13.2. The number of carbonyl (C=O) groups is 1. The van der Waals surface area contributed by atoms with Gasteiger partial charge in [0.05, 0.1) is 0 Å². The highest BCUT2D eigenvalue weighted by Gasteiger charge is 2.18. The molecule has 8 heteroatoms. The molecule has 96 valence electrons. The average Bonchev–Trinajstić information content (AvgIpc) is 2.27. The Bertz CT molecular complexity index is 469. The second kappa shape index (κ2) is 6.80. The summed E-state index contributed by atoms with van der Waals surface area (Å²) in [6.07, 6.45) is 0. The predicted octanol–water partition coefficient (Wildman–Crippen LogP) is 1.91. The zero-order valence-electron chi connectivity index (χ0n) is 9.31. The molecule has 0 saturated carbocycles. The van der Waals surface area contributed by atoms with E-state index >= 15 is 0 Å². The van der Waals surface area contributed by atoms with Crippen LogP contribution in [0.1, 0.15) is 11.6 Å². The van der Waals surface area contributed by atoms with E-state index in [1.54, 1.807) is 0 Å². The molecule has 0 radical (unpaired) electrons. The van der Waals surface area contributed by atoms with Crippen LogP contribution < -0.4 is 11.1 Å². The quantitative estimate of drug-likeness (QED) is 0.357. The fraction of sp³-hybridized carbons (Fsp3) is 0.300. The van der Waals surface area contributed by atoms with Crippen LogP contribution in [0.15, 0.2) is 23.3 Å². The molecule has 18 heavy (non-hydrogen) atoms. The number of hydrogen-bond donors (Lipinski definition) is 2. The Morgan fingerprint density at radius 2 is 2.33 bits per heavy atom. The predicted molar refractivity (Wildman–Crippen MR) is 65.4 cm³/mol. The number of rotatable bonds is 6. The van der Waals surface area contributed by atoms with E-state index in [0.717, 1.165) is 6.07 Å². The third-order valence-electron chi connectivity index (χ3n) is 2.13. The van der Waals surface area contributed by atoms with Gasteiger partial charge in [0, 0.05) is 23.0 Å². The van der Waals surface area contributed by atoms with Crippen LogP contribution in [0.25, 0.3) is 10.4 Å². The van der Waals surface area contributed by atoms with Gasteiger partial charge < -0.3 is 11.1 Å². The molecule has 0 aliphatic carbocycles. The van der Waals surface area contributed by atoms with E-state index in [0.29, 0.717) is 5.56 Å². The molecule has 1 amide bonds. The van der Waals surface area contributed by atoms with Gasteiger partial charge in [0.25, 0.3) is 0 Å². The van der Waals surface area contributed by atoms with Crippen molar-refractivity contribution in [3.8, 4) is 0 Å². The van der Waals surface area contributed by atoms with Crippen molar-refractivity contribution in [3.05, 3.63) is 45.0 Å². The Hall–Kier alpha value is -1.82. The van der Waals surface area contributed by atoms with Crippen molar-refractivity contribution in [2.75, 3.05) is 13.1 Å². The minimum absolute atomic E-state index is 0.156. The van der Waals surface area contributed by atoms with Gasteiger partial charge in [-0.25, -0.2) is 4.39 Å². The molecule has 0 aliphatic rings. The first-order valence-electron chi connectivity index (χ1n) is 5.04. The number of amides is 1. The lowest BCUT2D eigenvalue weighted by Crippen LogP contribution is -2.35. The lowest BCUT2D eigenvalue weighted by atomic mass is 10.1. The molecule has 3 N–H and O–H groups in total. The number of halogens is 2. The van der Waals surface area contributed by atoms with Crippen molar-refractivity contribution in [2.45, 2.75) is 6.04 Å². The standard InChI is InChI=1S/C10H11ClFN5O/c11-7-3-6(4-8(12)5-7)9(10(13)18)15-1-2-16-17-14/h3-5,9,15H,1-2H2,(H2,13,18). The van der Waals surface area contributed by atoms with Crippen molar-refractivity contribution in [1.29, 1.82) is 0 Å². The first-order valence-corrected chi connectivity index (χ1v) is 5.42. The summed E-state index contributed by atoms with van der Waals surface area (Å²) in [6, 6.07) is 2.86. The number of azide groups is 1. The average molecular weight is 272 g/mol. The molecule has 0 bridgehead atoms. The van der Waals surface area contributed by atoms with Crippen LogP contribution in [-0.2, 0) is 4.79 Å². The Balaban J connectivity index is 2.83. The molecular formula is C10H11ClFN5O.